The van der Waals surface area contributed by atoms with Gasteiger partial charge in [-0.05, 0) is 54.9 Å². The maximum Gasteiger partial charge on any atom is 0.119 e. The largest absolute Gasteiger partial charge is 0.492 e. The van der Waals surface area contributed by atoms with Crippen molar-refractivity contribution in [3.63, 3.8) is 0 Å². The number of rotatable bonds is 6. The predicted molar refractivity (Wildman–Crippen MR) is 84.9 cm³/mol. The van der Waals surface area contributed by atoms with E-state index in [0.29, 0.717) is 18.4 Å². The number of hydrogen-bond acceptors (Lipinski definition) is 3. The van der Waals surface area contributed by atoms with Gasteiger partial charge in [-0.2, -0.15) is 0 Å². The molecule has 0 bridgehead atoms. The molecule has 1 aromatic rings. The average Bonchev–Trinajstić information content (AvgIpc) is 3.20. The van der Waals surface area contributed by atoms with Crippen molar-refractivity contribution in [1.29, 1.82) is 0 Å². The maximum atomic E-state index is 10.3. The Hall–Kier alpha value is -1.06. The van der Waals surface area contributed by atoms with E-state index in [4.69, 9.17) is 4.74 Å². The van der Waals surface area contributed by atoms with Gasteiger partial charge in [-0.1, -0.05) is 19.9 Å². The van der Waals surface area contributed by atoms with Crippen LogP contribution in [0.4, 0.5) is 0 Å². The second-order valence-electron chi connectivity index (χ2n) is 7.11. The van der Waals surface area contributed by atoms with E-state index in [0.717, 1.165) is 25.4 Å². The van der Waals surface area contributed by atoms with E-state index in [1.165, 1.54) is 24.0 Å². The van der Waals surface area contributed by atoms with E-state index in [1.807, 2.05) is 0 Å². The molecule has 1 aromatic carbocycles. The average molecular weight is 289 g/mol. The number of aliphatic hydroxyl groups is 1. The van der Waals surface area contributed by atoms with Gasteiger partial charge in [0.05, 0.1) is 5.60 Å². The molecule has 21 heavy (non-hydrogen) atoms. The van der Waals surface area contributed by atoms with Crippen molar-refractivity contribution in [2.24, 2.45) is 5.92 Å². The molecule has 116 valence electrons. The lowest BCUT2D eigenvalue weighted by Gasteiger charge is -2.47. The van der Waals surface area contributed by atoms with Crippen LogP contribution < -0.4 is 4.74 Å². The standard InChI is InChI=1S/C18H27NO2/c1-13(2)17-7-6-16(10-14(17)3)21-9-8-19-11-18(20,12-19)15-4-5-15/h6-7,10,13,15,20H,4-5,8-9,11-12H2,1-3H3. The number of nitrogens with zero attached hydrogens (tertiary/aromatic N) is 1. The molecule has 3 rings (SSSR count). The molecule has 0 atom stereocenters. The molecule has 0 amide bonds. The highest BCUT2D eigenvalue weighted by atomic mass is 16.5. The van der Waals surface area contributed by atoms with Gasteiger partial charge in [0.25, 0.3) is 0 Å². The summed E-state index contributed by atoms with van der Waals surface area (Å²) in [6, 6.07) is 6.37. The fourth-order valence-electron chi connectivity index (χ4n) is 3.44. The van der Waals surface area contributed by atoms with Crippen LogP contribution in [0.15, 0.2) is 18.2 Å². The minimum Gasteiger partial charge on any atom is -0.492 e. The molecule has 1 saturated carbocycles. The Morgan fingerprint density at radius 2 is 2.05 bits per heavy atom. The molecule has 0 spiro atoms. The topological polar surface area (TPSA) is 32.7 Å². The summed E-state index contributed by atoms with van der Waals surface area (Å²) in [6.45, 7) is 9.83. The van der Waals surface area contributed by atoms with Crippen molar-refractivity contribution in [1.82, 2.24) is 4.90 Å². The monoisotopic (exact) mass is 289 g/mol. The summed E-state index contributed by atoms with van der Waals surface area (Å²) in [4.78, 5) is 2.29. The number of β-amino-alcohol motifs (C(OH)–C–C–N with tert-alkyl or cyclic N) is 1. The van der Waals surface area contributed by atoms with Crippen LogP contribution in [-0.4, -0.2) is 41.8 Å². The highest BCUT2D eigenvalue weighted by molar-refractivity contribution is 5.36. The Labute approximate surface area is 127 Å². The molecule has 1 aliphatic carbocycles. The van der Waals surface area contributed by atoms with E-state index < -0.39 is 0 Å². The summed E-state index contributed by atoms with van der Waals surface area (Å²) in [5, 5.41) is 10.3. The third-order valence-electron chi connectivity index (χ3n) is 4.87. The van der Waals surface area contributed by atoms with E-state index in [-0.39, 0.29) is 5.60 Å². The van der Waals surface area contributed by atoms with Crippen molar-refractivity contribution < 1.29 is 9.84 Å². The van der Waals surface area contributed by atoms with Crippen LogP contribution in [0.3, 0.4) is 0 Å². The van der Waals surface area contributed by atoms with Crippen molar-refractivity contribution >= 4 is 0 Å². The summed E-state index contributed by atoms with van der Waals surface area (Å²) < 4.78 is 5.85. The van der Waals surface area contributed by atoms with Crippen LogP contribution in [0.2, 0.25) is 0 Å². The molecular formula is C18H27NO2. The van der Waals surface area contributed by atoms with Crippen LogP contribution >= 0.6 is 0 Å². The van der Waals surface area contributed by atoms with Crippen LogP contribution in [0.1, 0.15) is 43.7 Å². The van der Waals surface area contributed by atoms with Crippen molar-refractivity contribution in [3.8, 4) is 5.75 Å². The van der Waals surface area contributed by atoms with Crippen molar-refractivity contribution in [2.75, 3.05) is 26.2 Å². The summed E-state index contributed by atoms with van der Waals surface area (Å²) in [6.07, 6.45) is 2.42. The van der Waals surface area contributed by atoms with Crippen molar-refractivity contribution in [2.45, 2.75) is 45.1 Å². The molecule has 2 aliphatic rings. The van der Waals surface area contributed by atoms with Crippen LogP contribution in [0.25, 0.3) is 0 Å². The third kappa shape index (κ3) is 3.24. The van der Waals surface area contributed by atoms with Gasteiger partial charge >= 0.3 is 0 Å². The quantitative estimate of drug-likeness (QED) is 0.874. The van der Waals surface area contributed by atoms with E-state index >= 15 is 0 Å². The highest BCUT2D eigenvalue weighted by Gasteiger charge is 2.51. The van der Waals surface area contributed by atoms with Gasteiger partial charge in [0.15, 0.2) is 0 Å². The second-order valence-corrected chi connectivity index (χ2v) is 7.11. The third-order valence-corrected chi connectivity index (χ3v) is 4.87. The minimum absolute atomic E-state index is 0.379. The number of benzene rings is 1. The van der Waals surface area contributed by atoms with E-state index in [2.05, 4.69) is 43.9 Å². The zero-order valence-corrected chi connectivity index (χ0v) is 13.4. The lowest BCUT2D eigenvalue weighted by atomic mass is 9.89. The van der Waals surface area contributed by atoms with Gasteiger partial charge in [-0.25, -0.2) is 0 Å². The SMILES string of the molecule is Cc1cc(OCCN2CC(O)(C3CC3)C2)ccc1C(C)C. The molecule has 0 radical (unpaired) electrons. The lowest BCUT2D eigenvalue weighted by molar-refractivity contribution is -0.115. The molecule has 1 aliphatic heterocycles. The number of ether oxygens (including phenoxy) is 1. The number of likely N-dealkylation sites (tertiary alicyclic amines) is 1. The Morgan fingerprint density at radius 1 is 1.33 bits per heavy atom. The smallest absolute Gasteiger partial charge is 0.119 e. The molecule has 2 fully saturated rings. The first-order valence-electron chi connectivity index (χ1n) is 8.16. The Morgan fingerprint density at radius 3 is 2.62 bits per heavy atom. The molecule has 1 heterocycles. The summed E-state index contributed by atoms with van der Waals surface area (Å²) in [5.74, 6) is 2.08. The molecule has 1 N–H and O–H groups in total. The highest BCUT2D eigenvalue weighted by Crippen LogP contribution is 2.44. The van der Waals surface area contributed by atoms with Crippen molar-refractivity contribution in [3.05, 3.63) is 29.3 Å². The van der Waals surface area contributed by atoms with Crippen LogP contribution in [0.5, 0.6) is 5.75 Å². The van der Waals surface area contributed by atoms with Gasteiger partial charge in [0.2, 0.25) is 0 Å². The lowest BCUT2D eigenvalue weighted by Crippen LogP contribution is -2.63. The molecule has 1 saturated heterocycles. The second kappa shape index (κ2) is 5.62. The van der Waals surface area contributed by atoms with Crippen LogP contribution in [0, 0.1) is 12.8 Å². The van der Waals surface area contributed by atoms with E-state index in [1.54, 1.807) is 0 Å². The fourth-order valence-corrected chi connectivity index (χ4v) is 3.44. The molecule has 0 aromatic heterocycles. The summed E-state index contributed by atoms with van der Waals surface area (Å²) in [5.41, 5.74) is 2.31. The maximum absolute atomic E-state index is 10.3. The van der Waals surface area contributed by atoms with Crippen LogP contribution in [-0.2, 0) is 0 Å². The molecule has 3 heteroatoms. The predicted octanol–water partition coefficient (Wildman–Crippen LogP) is 2.95. The first-order valence-corrected chi connectivity index (χ1v) is 8.16. The zero-order valence-electron chi connectivity index (χ0n) is 13.4. The number of aryl methyl sites for hydroxylation is 1. The zero-order chi connectivity index (χ0) is 15.0. The number of hydrogen-bond donors (Lipinski definition) is 1. The molecule has 3 nitrogen and oxygen atoms in total. The Balaban J connectivity index is 1.43. The van der Waals surface area contributed by atoms with Gasteiger partial charge in [0.1, 0.15) is 12.4 Å². The first kappa shape index (κ1) is 14.9. The summed E-state index contributed by atoms with van der Waals surface area (Å²) >= 11 is 0. The normalized spacial score (nSPS) is 21.4. The molecule has 0 unspecified atom stereocenters. The summed E-state index contributed by atoms with van der Waals surface area (Å²) in [7, 11) is 0. The van der Waals surface area contributed by atoms with Gasteiger partial charge in [-0.3, -0.25) is 4.90 Å². The Kier molecular flexibility index (Phi) is 3.98. The fraction of sp³-hybridized carbons (Fsp3) is 0.667. The van der Waals surface area contributed by atoms with Gasteiger partial charge < -0.3 is 9.84 Å². The first-order chi connectivity index (χ1) is 9.98. The minimum atomic E-state index is -0.379. The van der Waals surface area contributed by atoms with Gasteiger partial charge in [0, 0.05) is 19.6 Å². The Bertz CT molecular complexity index is 502. The van der Waals surface area contributed by atoms with Gasteiger partial charge in [-0.15, -0.1) is 0 Å². The molecular weight excluding hydrogens is 262 g/mol. The van der Waals surface area contributed by atoms with E-state index in [9.17, 15) is 5.11 Å².